The van der Waals surface area contributed by atoms with E-state index in [0.717, 1.165) is 30.0 Å². The summed E-state index contributed by atoms with van der Waals surface area (Å²) in [6, 6.07) is 7.68. The molecule has 1 saturated heterocycles. The number of benzene rings is 1. The van der Waals surface area contributed by atoms with Gasteiger partial charge in [0.2, 0.25) is 0 Å². The van der Waals surface area contributed by atoms with Crippen LogP contribution in [-0.2, 0) is 9.84 Å². The Morgan fingerprint density at radius 3 is 2.63 bits per heavy atom. The Labute approximate surface area is 120 Å². The zero-order valence-corrected chi connectivity index (χ0v) is 12.9. The summed E-state index contributed by atoms with van der Waals surface area (Å²) in [6.45, 7) is 1.89. The summed E-state index contributed by atoms with van der Waals surface area (Å²) in [5.74, 6) is 2.52. The molecule has 0 bridgehead atoms. The van der Waals surface area contributed by atoms with Crippen molar-refractivity contribution < 1.29 is 8.42 Å². The highest BCUT2D eigenvalue weighted by Gasteiger charge is 2.20. The molecule has 0 unspecified atom stereocenters. The fourth-order valence-electron chi connectivity index (χ4n) is 2.30. The van der Waals surface area contributed by atoms with Crippen LogP contribution in [-0.4, -0.2) is 31.7 Å². The Hall–Kier alpha value is -0.680. The number of rotatable bonds is 5. The standard InChI is InChI=1S/C14H21NO2S2/c1-2-11-19(16,17)14-6-4-3-5-13(14)15-12-7-9-18-10-8-12/h3-6,12,15H,2,7-11H2,1H3. The van der Waals surface area contributed by atoms with Gasteiger partial charge in [0.25, 0.3) is 0 Å². The third-order valence-corrected chi connectivity index (χ3v) is 6.30. The maximum atomic E-state index is 12.3. The van der Waals surface area contributed by atoms with E-state index in [2.05, 4.69) is 5.32 Å². The van der Waals surface area contributed by atoms with Gasteiger partial charge >= 0.3 is 0 Å². The molecule has 3 nitrogen and oxygen atoms in total. The smallest absolute Gasteiger partial charge is 0.180 e. The molecule has 0 aromatic heterocycles. The number of hydrogen-bond acceptors (Lipinski definition) is 4. The molecule has 1 aromatic rings. The van der Waals surface area contributed by atoms with E-state index in [-0.39, 0.29) is 5.75 Å². The highest BCUT2D eigenvalue weighted by molar-refractivity contribution is 7.99. The van der Waals surface area contributed by atoms with Crippen molar-refractivity contribution in [1.29, 1.82) is 0 Å². The van der Waals surface area contributed by atoms with E-state index in [1.165, 1.54) is 0 Å². The first kappa shape index (κ1) is 14.7. The van der Waals surface area contributed by atoms with Crippen molar-refractivity contribution in [2.24, 2.45) is 0 Å². The van der Waals surface area contributed by atoms with Crippen LogP contribution in [0.1, 0.15) is 26.2 Å². The lowest BCUT2D eigenvalue weighted by Crippen LogP contribution is -2.25. The minimum absolute atomic E-state index is 0.214. The van der Waals surface area contributed by atoms with Crippen LogP contribution in [0.25, 0.3) is 0 Å². The molecule has 1 aliphatic rings. The monoisotopic (exact) mass is 299 g/mol. The summed E-state index contributed by atoms with van der Waals surface area (Å²) >= 11 is 1.97. The molecule has 5 heteroatoms. The largest absolute Gasteiger partial charge is 0.381 e. The second kappa shape index (κ2) is 6.66. The zero-order valence-electron chi connectivity index (χ0n) is 11.3. The molecule has 1 aromatic carbocycles. The van der Waals surface area contributed by atoms with Crippen molar-refractivity contribution in [2.75, 3.05) is 22.6 Å². The number of nitrogens with one attached hydrogen (secondary N) is 1. The van der Waals surface area contributed by atoms with Gasteiger partial charge in [0.05, 0.1) is 16.3 Å². The van der Waals surface area contributed by atoms with Crippen LogP contribution in [0, 0.1) is 0 Å². The van der Waals surface area contributed by atoms with Crippen LogP contribution in [0.3, 0.4) is 0 Å². The number of hydrogen-bond donors (Lipinski definition) is 1. The number of anilines is 1. The van der Waals surface area contributed by atoms with Crippen LogP contribution < -0.4 is 5.32 Å². The van der Waals surface area contributed by atoms with E-state index >= 15 is 0 Å². The van der Waals surface area contributed by atoms with Crippen LogP contribution in [0.2, 0.25) is 0 Å². The Bertz CT molecular complexity index is 508. The minimum atomic E-state index is -3.16. The average molecular weight is 299 g/mol. The van der Waals surface area contributed by atoms with Gasteiger partial charge in [-0.05, 0) is 42.9 Å². The third kappa shape index (κ3) is 3.89. The summed E-state index contributed by atoms with van der Waals surface area (Å²) in [5.41, 5.74) is 0.771. The second-order valence-corrected chi connectivity index (χ2v) is 8.15. The fourth-order valence-corrected chi connectivity index (χ4v) is 4.91. The SMILES string of the molecule is CCCS(=O)(=O)c1ccccc1NC1CCSCC1. The predicted molar refractivity (Wildman–Crippen MR) is 82.8 cm³/mol. The highest BCUT2D eigenvalue weighted by Crippen LogP contribution is 2.26. The van der Waals surface area contributed by atoms with Gasteiger partial charge in [0, 0.05) is 6.04 Å². The molecule has 1 aliphatic heterocycles. The molecule has 0 amide bonds. The van der Waals surface area contributed by atoms with Gasteiger partial charge in [0.1, 0.15) is 0 Å². The van der Waals surface area contributed by atoms with Crippen LogP contribution in [0.15, 0.2) is 29.2 Å². The summed E-state index contributed by atoms with van der Waals surface area (Å²) in [6.07, 6.45) is 2.86. The van der Waals surface area contributed by atoms with E-state index in [9.17, 15) is 8.42 Å². The lowest BCUT2D eigenvalue weighted by atomic mass is 10.1. The van der Waals surface area contributed by atoms with Gasteiger partial charge in [-0.1, -0.05) is 19.1 Å². The second-order valence-electron chi connectivity index (χ2n) is 4.85. The van der Waals surface area contributed by atoms with E-state index in [4.69, 9.17) is 0 Å². The van der Waals surface area contributed by atoms with Crippen molar-refractivity contribution in [3.8, 4) is 0 Å². The van der Waals surface area contributed by atoms with Crippen molar-refractivity contribution in [3.63, 3.8) is 0 Å². The first-order chi connectivity index (χ1) is 9.13. The molecule has 1 N–H and O–H groups in total. The van der Waals surface area contributed by atoms with E-state index < -0.39 is 9.84 Å². The molecule has 1 heterocycles. The molecular formula is C14H21NO2S2. The quantitative estimate of drug-likeness (QED) is 0.907. The Morgan fingerprint density at radius 1 is 1.26 bits per heavy atom. The van der Waals surface area contributed by atoms with Crippen molar-refractivity contribution in [3.05, 3.63) is 24.3 Å². The first-order valence-electron chi connectivity index (χ1n) is 6.79. The van der Waals surface area contributed by atoms with Crippen LogP contribution in [0.4, 0.5) is 5.69 Å². The van der Waals surface area contributed by atoms with Gasteiger partial charge in [-0.15, -0.1) is 0 Å². The maximum absolute atomic E-state index is 12.3. The zero-order chi connectivity index (χ0) is 13.7. The van der Waals surface area contributed by atoms with Crippen LogP contribution in [0.5, 0.6) is 0 Å². The lowest BCUT2D eigenvalue weighted by molar-refractivity contribution is 0.594. The Kier molecular flexibility index (Phi) is 5.16. The third-order valence-electron chi connectivity index (χ3n) is 3.28. The molecule has 0 atom stereocenters. The first-order valence-corrected chi connectivity index (χ1v) is 9.60. The van der Waals surface area contributed by atoms with E-state index in [1.54, 1.807) is 12.1 Å². The summed E-state index contributed by atoms with van der Waals surface area (Å²) in [5, 5.41) is 3.42. The predicted octanol–water partition coefficient (Wildman–Crippen LogP) is 3.18. The number of thioether (sulfide) groups is 1. The molecule has 0 saturated carbocycles. The summed E-state index contributed by atoms with van der Waals surface area (Å²) in [7, 11) is -3.16. The van der Waals surface area contributed by atoms with Crippen molar-refractivity contribution in [2.45, 2.75) is 37.1 Å². The van der Waals surface area contributed by atoms with Gasteiger partial charge in [-0.3, -0.25) is 0 Å². The fraction of sp³-hybridized carbons (Fsp3) is 0.571. The van der Waals surface area contributed by atoms with Gasteiger partial charge in [-0.2, -0.15) is 11.8 Å². The Morgan fingerprint density at radius 2 is 1.95 bits per heavy atom. The topological polar surface area (TPSA) is 46.2 Å². The molecule has 0 spiro atoms. The van der Waals surface area contributed by atoms with Crippen LogP contribution >= 0.6 is 11.8 Å². The molecule has 0 radical (unpaired) electrons. The Balaban J connectivity index is 2.20. The molecule has 1 fully saturated rings. The lowest BCUT2D eigenvalue weighted by Gasteiger charge is -2.24. The van der Waals surface area contributed by atoms with Gasteiger partial charge < -0.3 is 5.32 Å². The average Bonchev–Trinajstić information content (AvgIpc) is 2.40. The van der Waals surface area contributed by atoms with Crippen molar-refractivity contribution >= 4 is 27.3 Å². The minimum Gasteiger partial charge on any atom is -0.381 e. The van der Waals surface area contributed by atoms with Gasteiger partial charge in [0.15, 0.2) is 9.84 Å². The van der Waals surface area contributed by atoms with Crippen molar-refractivity contribution in [1.82, 2.24) is 0 Å². The molecule has 0 aliphatic carbocycles. The molecule has 2 rings (SSSR count). The molecule has 106 valence electrons. The summed E-state index contributed by atoms with van der Waals surface area (Å²) < 4.78 is 24.5. The highest BCUT2D eigenvalue weighted by atomic mass is 32.2. The summed E-state index contributed by atoms with van der Waals surface area (Å²) in [4.78, 5) is 0.454. The van der Waals surface area contributed by atoms with E-state index in [0.29, 0.717) is 17.4 Å². The normalized spacial score (nSPS) is 17.3. The number of para-hydroxylation sites is 1. The molecule has 19 heavy (non-hydrogen) atoms. The number of sulfone groups is 1. The van der Waals surface area contributed by atoms with E-state index in [1.807, 2.05) is 30.8 Å². The molecular weight excluding hydrogens is 278 g/mol. The van der Waals surface area contributed by atoms with Gasteiger partial charge in [-0.25, -0.2) is 8.42 Å². The maximum Gasteiger partial charge on any atom is 0.180 e.